The van der Waals surface area contributed by atoms with E-state index in [1.165, 1.54) is 0 Å². The lowest BCUT2D eigenvalue weighted by Crippen LogP contribution is -2.54. The van der Waals surface area contributed by atoms with Gasteiger partial charge in [0.2, 0.25) is 0 Å². The minimum absolute atomic E-state index is 0.0161. The summed E-state index contributed by atoms with van der Waals surface area (Å²) in [5.74, 6) is -0.324. The van der Waals surface area contributed by atoms with Gasteiger partial charge < -0.3 is 28.4 Å². The molecule has 2 amide bonds. The summed E-state index contributed by atoms with van der Waals surface area (Å²) in [5.41, 5.74) is -0.0421. The number of carbonyl (C=O) groups is 3. The quantitative estimate of drug-likeness (QED) is 0.268. The molecule has 0 radical (unpaired) electrons. The first-order valence-corrected chi connectivity index (χ1v) is 13.0. The number of ether oxygens (including phenoxy) is 6. The molecule has 1 aliphatic heterocycles. The number of rotatable bonds is 6. The Morgan fingerprint density at radius 2 is 1.54 bits per heavy atom. The normalized spacial score (nSPS) is 22.4. The fraction of sp³-hybridized carbons (Fsp3) is 0.621. The monoisotopic (exact) mass is 549 g/mol. The number of imide groups is 1. The van der Waals surface area contributed by atoms with E-state index in [1.54, 1.807) is 48.5 Å². The van der Waals surface area contributed by atoms with Gasteiger partial charge >= 0.3 is 18.2 Å². The van der Waals surface area contributed by atoms with Crippen LogP contribution in [-0.2, 0) is 28.5 Å². The number of hydrogen-bond acceptors (Lipinski definition) is 9. The number of amides is 2. The molecule has 1 aliphatic rings. The van der Waals surface area contributed by atoms with E-state index in [4.69, 9.17) is 28.4 Å². The van der Waals surface area contributed by atoms with Crippen molar-refractivity contribution < 1.29 is 42.8 Å². The van der Waals surface area contributed by atoms with Crippen molar-refractivity contribution >= 4 is 18.2 Å². The van der Waals surface area contributed by atoms with E-state index in [0.29, 0.717) is 10.6 Å². The van der Waals surface area contributed by atoms with Crippen LogP contribution in [0.5, 0.6) is 5.75 Å². The molecule has 0 aliphatic carbocycles. The first kappa shape index (κ1) is 32.1. The van der Waals surface area contributed by atoms with Gasteiger partial charge in [0.25, 0.3) is 0 Å². The van der Waals surface area contributed by atoms with Crippen LogP contribution in [0.1, 0.15) is 61.0 Å². The summed E-state index contributed by atoms with van der Waals surface area (Å²) in [5, 5.41) is 0. The van der Waals surface area contributed by atoms with Gasteiger partial charge in [-0.2, -0.15) is 4.90 Å². The summed E-state index contributed by atoms with van der Waals surface area (Å²) >= 11 is 0. The number of benzene rings is 1. The third-order valence-electron chi connectivity index (χ3n) is 5.29. The highest BCUT2D eigenvalue weighted by Gasteiger charge is 2.44. The lowest BCUT2D eigenvalue weighted by Gasteiger charge is -2.32. The number of esters is 1. The van der Waals surface area contributed by atoms with Crippen molar-refractivity contribution in [3.8, 4) is 5.75 Å². The fourth-order valence-electron chi connectivity index (χ4n) is 3.56. The third kappa shape index (κ3) is 10.5. The number of cyclic esters (lactones) is 1. The van der Waals surface area contributed by atoms with Crippen molar-refractivity contribution in [1.29, 1.82) is 0 Å². The zero-order chi connectivity index (χ0) is 29.5. The lowest BCUT2D eigenvalue weighted by atomic mass is 10.1. The van der Waals surface area contributed by atoms with Gasteiger partial charge in [-0.25, -0.2) is 14.4 Å². The Bertz CT molecular complexity index is 979. The number of carbonyl (C=O) groups excluding carboxylic acids is 3. The molecule has 1 aromatic carbocycles. The first-order valence-electron chi connectivity index (χ1n) is 13.0. The van der Waals surface area contributed by atoms with Crippen LogP contribution in [0.15, 0.2) is 36.4 Å². The van der Waals surface area contributed by atoms with Gasteiger partial charge in [-0.05, 0) is 74.4 Å². The third-order valence-corrected chi connectivity index (χ3v) is 5.29. The van der Waals surface area contributed by atoms with Crippen LogP contribution < -0.4 is 4.74 Å². The molecule has 0 aromatic heterocycles. The van der Waals surface area contributed by atoms with E-state index >= 15 is 0 Å². The molecule has 2 rings (SSSR count). The van der Waals surface area contributed by atoms with Crippen LogP contribution in [0.2, 0.25) is 0 Å². The molecule has 0 bridgehead atoms. The summed E-state index contributed by atoms with van der Waals surface area (Å²) in [6, 6.07) is 5.94. The Labute approximate surface area is 231 Å². The molecule has 218 valence electrons. The maximum atomic E-state index is 13.5. The second-order valence-corrected chi connectivity index (χ2v) is 11.7. The minimum Gasteiger partial charge on any atom is -0.484 e. The Morgan fingerprint density at radius 3 is 2.03 bits per heavy atom. The molecule has 10 nitrogen and oxygen atoms in total. The average molecular weight is 550 g/mol. The van der Waals surface area contributed by atoms with Crippen molar-refractivity contribution in [3.05, 3.63) is 42.0 Å². The topological polar surface area (TPSA) is 110 Å². The standard InChI is InChI=1S/C29H43NO9/c1-18(2)15-35-23-17-34-16-22(30(26(32)38-28(5,6)7)27(33)39-29(8,9)10)25(31)36-20(4)24(23)37-21-13-11-19(3)12-14-21/h11-14,20,22-24H,1,15-17H2,2-10H3/t20-,22-,23-,24-/m0/s1. The highest BCUT2D eigenvalue weighted by molar-refractivity contribution is 5.94. The van der Waals surface area contributed by atoms with Crippen molar-refractivity contribution in [2.75, 3.05) is 19.8 Å². The molecule has 1 fully saturated rings. The smallest absolute Gasteiger partial charge is 0.420 e. The zero-order valence-electron chi connectivity index (χ0n) is 24.6. The molecular weight excluding hydrogens is 506 g/mol. The van der Waals surface area contributed by atoms with Crippen LogP contribution in [0.4, 0.5) is 9.59 Å². The number of nitrogens with zero attached hydrogens (tertiary/aromatic N) is 1. The molecule has 0 saturated carbocycles. The second kappa shape index (κ2) is 13.3. The highest BCUT2D eigenvalue weighted by Crippen LogP contribution is 2.24. The summed E-state index contributed by atoms with van der Waals surface area (Å²) < 4.78 is 34.7. The van der Waals surface area contributed by atoms with Crippen LogP contribution in [-0.4, -0.2) is 78.4 Å². The van der Waals surface area contributed by atoms with E-state index in [2.05, 4.69) is 6.58 Å². The van der Waals surface area contributed by atoms with Gasteiger partial charge in [0, 0.05) is 0 Å². The van der Waals surface area contributed by atoms with Crippen molar-refractivity contribution in [2.45, 2.75) is 97.9 Å². The zero-order valence-corrected chi connectivity index (χ0v) is 24.6. The van der Waals surface area contributed by atoms with Crippen molar-refractivity contribution in [2.24, 2.45) is 0 Å². The van der Waals surface area contributed by atoms with Crippen LogP contribution in [0.25, 0.3) is 0 Å². The van der Waals surface area contributed by atoms with Gasteiger partial charge in [-0.15, -0.1) is 0 Å². The first-order chi connectivity index (χ1) is 18.0. The Kier molecular flexibility index (Phi) is 10.9. The van der Waals surface area contributed by atoms with Crippen LogP contribution in [0, 0.1) is 6.92 Å². The molecule has 1 heterocycles. The average Bonchev–Trinajstić information content (AvgIpc) is 2.82. The Hall–Kier alpha value is -3.11. The van der Waals surface area contributed by atoms with Gasteiger partial charge in [0.15, 0.2) is 12.1 Å². The molecule has 4 atom stereocenters. The molecule has 1 aromatic rings. The fourth-order valence-corrected chi connectivity index (χ4v) is 3.56. The van der Waals surface area contributed by atoms with Crippen molar-refractivity contribution in [3.63, 3.8) is 0 Å². The summed E-state index contributed by atoms with van der Waals surface area (Å²) in [6.07, 6.45) is -4.40. The number of aryl methyl sites for hydroxylation is 1. The predicted octanol–water partition coefficient (Wildman–Crippen LogP) is 5.21. The second-order valence-electron chi connectivity index (χ2n) is 11.7. The largest absolute Gasteiger partial charge is 0.484 e. The van der Waals surface area contributed by atoms with Crippen LogP contribution >= 0.6 is 0 Å². The Balaban J connectivity index is 2.42. The lowest BCUT2D eigenvalue weighted by molar-refractivity contribution is -0.161. The molecule has 10 heteroatoms. The van der Waals surface area contributed by atoms with Gasteiger partial charge in [0.05, 0.1) is 19.8 Å². The summed E-state index contributed by atoms with van der Waals surface area (Å²) in [7, 11) is 0. The maximum Gasteiger partial charge on any atom is 0.420 e. The van der Waals surface area contributed by atoms with Gasteiger partial charge in [-0.3, -0.25) is 0 Å². The molecule has 1 saturated heterocycles. The van der Waals surface area contributed by atoms with Crippen LogP contribution in [0.3, 0.4) is 0 Å². The van der Waals surface area contributed by atoms with E-state index in [1.807, 2.05) is 38.1 Å². The molecule has 0 spiro atoms. The van der Waals surface area contributed by atoms with Gasteiger partial charge in [-0.1, -0.05) is 29.8 Å². The number of hydrogen-bond donors (Lipinski definition) is 0. The van der Waals surface area contributed by atoms with Crippen molar-refractivity contribution in [1.82, 2.24) is 4.90 Å². The minimum atomic E-state index is -1.47. The van der Waals surface area contributed by atoms with E-state index in [9.17, 15) is 14.4 Å². The molecular formula is C29H43NO9. The maximum absolute atomic E-state index is 13.5. The van der Waals surface area contributed by atoms with E-state index in [-0.39, 0.29) is 19.8 Å². The molecule has 0 unspecified atom stereocenters. The highest BCUT2D eigenvalue weighted by atomic mass is 16.6. The summed E-state index contributed by atoms with van der Waals surface area (Å²) in [4.78, 5) is 40.4. The SMILES string of the molecule is C=C(C)CO[C@H]1COC[C@H](N(C(=O)OC(C)(C)C)C(=O)OC(C)(C)C)C(=O)O[C@@H](C)[C@@H]1Oc1ccc(C)cc1. The van der Waals surface area contributed by atoms with E-state index < -0.39 is 53.7 Å². The van der Waals surface area contributed by atoms with Gasteiger partial charge in [0.1, 0.15) is 29.2 Å². The molecule has 39 heavy (non-hydrogen) atoms. The van der Waals surface area contributed by atoms with E-state index in [0.717, 1.165) is 11.1 Å². The summed E-state index contributed by atoms with van der Waals surface area (Å²) in [6.45, 7) is 19.1. The molecule has 0 N–H and O–H groups in total. The predicted molar refractivity (Wildman–Crippen MR) is 145 cm³/mol. The Morgan fingerprint density at radius 1 is 1.00 bits per heavy atom.